The highest BCUT2D eigenvalue weighted by atomic mass is 16.6. The van der Waals surface area contributed by atoms with Crippen LogP contribution in [0.25, 0.3) is 0 Å². The van der Waals surface area contributed by atoms with Gasteiger partial charge in [0.2, 0.25) is 0 Å². The van der Waals surface area contributed by atoms with Crippen LogP contribution < -0.4 is 4.74 Å². The van der Waals surface area contributed by atoms with Gasteiger partial charge in [0.05, 0.1) is 0 Å². The zero-order valence-corrected chi connectivity index (χ0v) is 11.9. The smallest absolute Gasteiger partial charge is 0.344 e. The third-order valence-corrected chi connectivity index (χ3v) is 4.26. The maximum Gasteiger partial charge on any atom is 0.344 e. The maximum absolute atomic E-state index is 11.9. The van der Waals surface area contributed by atoms with Crippen molar-refractivity contribution < 1.29 is 14.3 Å². The summed E-state index contributed by atoms with van der Waals surface area (Å²) in [5.74, 6) is 0.995. The van der Waals surface area contributed by atoms with E-state index < -0.39 is 0 Å². The highest BCUT2D eigenvalue weighted by Gasteiger charge is 2.36. The first-order valence-corrected chi connectivity index (χ1v) is 7.32. The number of rotatable bonds is 4. The van der Waals surface area contributed by atoms with Crippen LogP contribution in [0.3, 0.4) is 0 Å². The van der Waals surface area contributed by atoms with Gasteiger partial charge in [-0.05, 0) is 50.9 Å². The molecule has 3 aliphatic heterocycles. The minimum Gasteiger partial charge on any atom is -0.482 e. The molecule has 1 atom stereocenters. The van der Waals surface area contributed by atoms with E-state index in [1.807, 2.05) is 31.2 Å². The number of aryl methyl sites for hydroxylation is 1. The number of nitrogens with zero attached hydrogens (tertiary/aromatic N) is 1. The van der Waals surface area contributed by atoms with Crippen LogP contribution in [0.1, 0.15) is 18.4 Å². The van der Waals surface area contributed by atoms with Gasteiger partial charge in [0.25, 0.3) is 0 Å². The van der Waals surface area contributed by atoms with Crippen LogP contribution in [0, 0.1) is 12.8 Å². The average Bonchev–Trinajstić information content (AvgIpc) is 2.48. The van der Waals surface area contributed by atoms with Crippen LogP contribution in [-0.2, 0) is 9.53 Å². The third-order valence-electron chi connectivity index (χ3n) is 4.26. The Morgan fingerprint density at radius 3 is 2.55 bits per heavy atom. The summed E-state index contributed by atoms with van der Waals surface area (Å²) in [6.45, 7) is 5.20. The molecule has 0 spiro atoms. The largest absolute Gasteiger partial charge is 0.482 e. The number of ether oxygens (including phenoxy) is 2. The monoisotopic (exact) mass is 275 g/mol. The Kier molecular flexibility index (Phi) is 3.92. The Hall–Kier alpha value is -1.55. The van der Waals surface area contributed by atoms with Gasteiger partial charge in [-0.2, -0.15) is 0 Å². The topological polar surface area (TPSA) is 38.8 Å². The number of benzene rings is 1. The van der Waals surface area contributed by atoms with E-state index in [0.717, 1.165) is 32.5 Å². The summed E-state index contributed by atoms with van der Waals surface area (Å²) in [5, 5.41) is 0. The summed E-state index contributed by atoms with van der Waals surface area (Å²) < 4.78 is 11.0. The second kappa shape index (κ2) is 5.83. The Labute approximate surface area is 119 Å². The molecule has 2 bridgehead atoms. The van der Waals surface area contributed by atoms with E-state index in [9.17, 15) is 4.79 Å². The summed E-state index contributed by atoms with van der Waals surface area (Å²) >= 11 is 0. The molecule has 0 amide bonds. The maximum atomic E-state index is 11.9. The Morgan fingerprint density at radius 2 is 1.95 bits per heavy atom. The fraction of sp³-hybridized carbons (Fsp3) is 0.562. The van der Waals surface area contributed by atoms with Gasteiger partial charge in [0.15, 0.2) is 6.61 Å². The van der Waals surface area contributed by atoms with Crippen molar-refractivity contribution in [3.63, 3.8) is 0 Å². The van der Waals surface area contributed by atoms with E-state index in [4.69, 9.17) is 9.47 Å². The third kappa shape index (κ3) is 3.12. The normalized spacial score (nSPS) is 28.1. The molecule has 4 rings (SSSR count). The fourth-order valence-electron chi connectivity index (χ4n) is 3.02. The molecule has 0 N–H and O–H groups in total. The quantitative estimate of drug-likeness (QED) is 0.788. The molecule has 0 radical (unpaired) electrons. The predicted molar refractivity (Wildman–Crippen MR) is 75.7 cm³/mol. The number of esters is 1. The highest BCUT2D eigenvalue weighted by molar-refractivity contribution is 5.71. The van der Waals surface area contributed by atoms with Crippen molar-refractivity contribution in [2.45, 2.75) is 25.9 Å². The molecular formula is C16H21NO3. The SMILES string of the molecule is Cc1ccc(OCC(=O)O[C@H]2CN3CCC2CC3)cc1. The van der Waals surface area contributed by atoms with E-state index in [-0.39, 0.29) is 18.7 Å². The average molecular weight is 275 g/mol. The molecule has 3 heterocycles. The van der Waals surface area contributed by atoms with Gasteiger partial charge >= 0.3 is 5.97 Å². The first kappa shape index (κ1) is 13.4. The standard InChI is InChI=1S/C16H21NO3/c1-12-2-4-14(5-3-12)19-11-16(18)20-15-10-17-8-6-13(15)7-9-17/h2-5,13,15H,6-11H2,1H3/t15-/m0/s1. The van der Waals surface area contributed by atoms with Crippen molar-refractivity contribution in [2.24, 2.45) is 5.92 Å². The van der Waals surface area contributed by atoms with Crippen molar-refractivity contribution in [2.75, 3.05) is 26.2 Å². The van der Waals surface area contributed by atoms with Crippen LogP contribution in [0.15, 0.2) is 24.3 Å². The number of piperidine rings is 3. The lowest BCUT2D eigenvalue weighted by atomic mass is 9.86. The Morgan fingerprint density at radius 1 is 1.25 bits per heavy atom. The fourth-order valence-corrected chi connectivity index (χ4v) is 3.02. The van der Waals surface area contributed by atoms with E-state index in [1.165, 1.54) is 5.56 Å². The molecule has 1 aromatic rings. The minimum atomic E-state index is -0.260. The molecule has 1 aromatic carbocycles. The van der Waals surface area contributed by atoms with Gasteiger partial charge in [-0.3, -0.25) is 4.90 Å². The second-order valence-electron chi connectivity index (χ2n) is 5.77. The van der Waals surface area contributed by atoms with Gasteiger partial charge in [-0.1, -0.05) is 17.7 Å². The summed E-state index contributed by atoms with van der Waals surface area (Å²) in [6.07, 6.45) is 2.36. The molecule has 0 saturated carbocycles. The summed E-state index contributed by atoms with van der Waals surface area (Å²) in [7, 11) is 0. The summed E-state index contributed by atoms with van der Waals surface area (Å²) in [4.78, 5) is 14.2. The van der Waals surface area contributed by atoms with Crippen LogP contribution in [0.2, 0.25) is 0 Å². The van der Waals surface area contributed by atoms with Gasteiger partial charge in [0, 0.05) is 6.54 Å². The molecule has 4 heteroatoms. The molecule has 0 unspecified atom stereocenters. The Bertz CT molecular complexity index is 463. The van der Waals surface area contributed by atoms with E-state index in [2.05, 4.69) is 4.90 Å². The summed E-state index contributed by atoms with van der Waals surface area (Å²) in [6, 6.07) is 7.68. The number of carbonyl (C=O) groups is 1. The molecular weight excluding hydrogens is 254 g/mol. The van der Waals surface area contributed by atoms with Crippen LogP contribution in [-0.4, -0.2) is 43.2 Å². The summed E-state index contributed by atoms with van der Waals surface area (Å²) in [5.41, 5.74) is 1.17. The number of hydrogen-bond donors (Lipinski definition) is 0. The van der Waals surface area contributed by atoms with E-state index in [1.54, 1.807) is 0 Å². The lowest BCUT2D eigenvalue weighted by molar-refractivity contribution is -0.161. The Balaban J connectivity index is 1.46. The number of hydrogen-bond acceptors (Lipinski definition) is 4. The van der Waals surface area contributed by atoms with Gasteiger partial charge in [-0.15, -0.1) is 0 Å². The van der Waals surface area contributed by atoms with Gasteiger partial charge in [0.1, 0.15) is 11.9 Å². The lowest BCUT2D eigenvalue weighted by Gasteiger charge is -2.43. The van der Waals surface area contributed by atoms with E-state index in [0.29, 0.717) is 11.7 Å². The molecule has 0 aliphatic carbocycles. The van der Waals surface area contributed by atoms with Crippen LogP contribution in [0.5, 0.6) is 5.75 Å². The highest BCUT2D eigenvalue weighted by Crippen LogP contribution is 2.29. The molecule has 108 valence electrons. The van der Waals surface area contributed by atoms with Crippen LogP contribution in [0.4, 0.5) is 0 Å². The van der Waals surface area contributed by atoms with Crippen molar-refractivity contribution in [3.8, 4) is 5.75 Å². The molecule has 0 aromatic heterocycles. The first-order chi connectivity index (χ1) is 9.70. The van der Waals surface area contributed by atoms with Crippen LogP contribution >= 0.6 is 0 Å². The molecule has 3 fully saturated rings. The van der Waals surface area contributed by atoms with Crippen molar-refractivity contribution >= 4 is 5.97 Å². The van der Waals surface area contributed by atoms with Gasteiger partial charge in [-0.25, -0.2) is 4.79 Å². The number of carbonyl (C=O) groups excluding carboxylic acids is 1. The number of fused-ring (bicyclic) bond motifs is 3. The molecule has 3 aliphatic rings. The first-order valence-electron chi connectivity index (χ1n) is 7.32. The zero-order chi connectivity index (χ0) is 13.9. The lowest BCUT2D eigenvalue weighted by Crippen LogP contribution is -2.52. The van der Waals surface area contributed by atoms with Crippen molar-refractivity contribution in [1.82, 2.24) is 4.90 Å². The van der Waals surface area contributed by atoms with Crippen molar-refractivity contribution in [1.29, 1.82) is 0 Å². The second-order valence-corrected chi connectivity index (χ2v) is 5.77. The predicted octanol–water partition coefficient (Wildman–Crippen LogP) is 2.01. The van der Waals surface area contributed by atoms with E-state index >= 15 is 0 Å². The minimum absolute atomic E-state index is 0.00766. The molecule has 3 saturated heterocycles. The molecule has 20 heavy (non-hydrogen) atoms. The van der Waals surface area contributed by atoms with Crippen molar-refractivity contribution in [3.05, 3.63) is 29.8 Å². The van der Waals surface area contributed by atoms with Gasteiger partial charge < -0.3 is 9.47 Å². The zero-order valence-electron chi connectivity index (χ0n) is 11.9. The molecule has 4 nitrogen and oxygen atoms in total.